The molecule has 0 aliphatic carbocycles. The van der Waals surface area contributed by atoms with Gasteiger partial charge in [0.1, 0.15) is 6.54 Å². The molecule has 0 aliphatic heterocycles. The summed E-state index contributed by atoms with van der Waals surface area (Å²) in [5.74, 6) is 1.51. The Morgan fingerprint density at radius 1 is 0.704 bits per heavy atom. The molecule has 0 unspecified atom stereocenters. The fourth-order valence-corrected chi connectivity index (χ4v) is 3.02. The minimum absolute atomic E-state index is 0. The lowest BCUT2D eigenvalue weighted by molar-refractivity contribution is -0.901. The fraction of sp³-hybridized carbons (Fsp3) is 0.520. The van der Waals surface area contributed by atoms with Crippen molar-refractivity contribution in [3.8, 4) is 0 Å². The van der Waals surface area contributed by atoms with Crippen molar-refractivity contribution in [2.24, 2.45) is 11.8 Å². The van der Waals surface area contributed by atoms with E-state index in [0.29, 0.717) is 0 Å². The van der Waals surface area contributed by atoms with Gasteiger partial charge in [0, 0.05) is 5.56 Å². The maximum atomic E-state index is 2.28. The Balaban J connectivity index is 0.000000488. The maximum Gasteiger partial charge on any atom is 0.104 e. The molecular formula is C25H42NO+. The molecule has 0 saturated carbocycles. The minimum atomic E-state index is 0. The molecule has 0 atom stereocenters. The molecule has 0 bridgehead atoms. The van der Waals surface area contributed by atoms with E-state index >= 15 is 0 Å². The highest BCUT2D eigenvalue weighted by molar-refractivity contribution is 5.27. The van der Waals surface area contributed by atoms with Gasteiger partial charge in [0.25, 0.3) is 0 Å². The highest BCUT2D eigenvalue weighted by Crippen LogP contribution is 2.17. The van der Waals surface area contributed by atoms with Gasteiger partial charge in [-0.3, -0.25) is 0 Å². The van der Waals surface area contributed by atoms with E-state index in [2.05, 4.69) is 103 Å². The number of hydrogen-bond acceptors (Lipinski definition) is 0. The van der Waals surface area contributed by atoms with Crippen molar-refractivity contribution in [1.82, 2.24) is 0 Å². The van der Waals surface area contributed by atoms with E-state index in [0.717, 1.165) is 22.9 Å². The van der Waals surface area contributed by atoms with Gasteiger partial charge in [-0.25, -0.2) is 0 Å². The second-order valence-electron chi connectivity index (χ2n) is 8.86. The largest absolute Gasteiger partial charge is 0.412 e. The van der Waals surface area contributed by atoms with Gasteiger partial charge in [-0.05, 0) is 42.7 Å². The number of nitrogens with zero attached hydrogens (tertiary/aromatic N) is 1. The molecule has 0 aliphatic rings. The second-order valence-corrected chi connectivity index (χ2v) is 8.86. The topological polar surface area (TPSA) is 31.5 Å². The van der Waals surface area contributed by atoms with E-state index in [-0.39, 0.29) is 5.48 Å². The predicted molar refractivity (Wildman–Crippen MR) is 120 cm³/mol. The standard InChI is InChI=1S/C14H22.C11H18N.H2O/c1-11(2)9-13-7-5-6-8-14(13)10-12(3)4;1-4-12(2,3)10-11-8-6-5-7-9-11;/h5-8,11-12H,9-10H2,1-4H3;5-9H,4,10H2,1-3H3;1H2/q;+1;. The first kappa shape index (κ1) is 25.4. The molecular weight excluding hydrogens is 330 g/mol. The van der Waals surface area contributed by atoms with Crippen LogP contribution >= 0.6 is 0 Å². The van der Waals surface area contributed by atoms with Crippen LogP contribution in [-0.2, 0) is 19.4 Å². The summed E-state index contributed by atoms with van der Waals surface area (Å²) in [6, 6.07) is 19.5. The molecule has 0 heterocycles. The first-order chi connectivity index (χ1) is 12.2. The third-order valence-corrected chi connectivity index (χ3v) is 4.68. The Hall–Kier alpha value is -1.64. The molecule has 0 radical (unpaired) electrons. The van der Waals surface area contributed by atoms with Crippen molar-refractivity contribution in [2.45, 2.75) is 54.0 Å². The van der Waals surface area contributed by atoms with Crippen LogP contribution in [0.4, 0.5) is 0 Å². The molecule has 2 aromatic rings. The van der Waals surface area contributed by atoms with Crippen LogP contribution in [0, 0.1) is 11.8 Å². The fourth-order valence-electron chi connectivity index (χ4n) is 3.02. The van der Waals surface area contributed by atoms with Gasteiger partial charge in [-0.1, -0.05) is 82.3 Å². The van der Waals surface area contributed by atoms with Gasteiger partial charge in [-0.2, -0.15) is 0 Å². The summed E-state index contributed by atoms with van der Waals surface area (Å²) in [6.45, 7) is 13.7. The third kappa shape index (κ3) is 10.9. The van der Waals surface area contributed by atoms with E-state index in [4.69, 9.17) is 0 Å². The molecule has 0 amide bonds. The van der Waals surface area contributed by atoms with Crippen LogP contribution in [0.25, 0.3) is 0 Å². The van der Waals surface area contributed by atoms with Crippen LogP contribution in [0.15, 0.2) is 54.6 Å². The van der Waals surface area contributed by atoms with E-state index in [1.807, 2.05) is 0 Å². The summed E-state index contributed by atoms with van der Waals surface area (Å²) >= 11 is 0. The zero-order valence-electron chi connectivity index (χ0n) is 18.6. The summed E-state index contributed by atoms with van der Waals surface area (Å²) < 4.78 is 1.06. The summed E-state index contributed by atoms with van der Waals surface area (Å²) in [7, 11) is 4.51. The second kappa shape index (κ2) is 12.7. The zero-order valence-corrected chi connectivity index (χ0v) is 18.6. The highest BCUT2D eigenvalue weighted by Gasteiger charge is 2.11. The first-order valence-electron chi connectivity index (χ1n) is 10.2. The van der Waals surface area contributed by atoms with E-state index < -0.39 is 0 Å². The Kier molecular flexibility index (Phi) is 11.9. The average molecular weight is 373 g/mol. The molecule has 27 heavy (non-hydrogen) atoms. The van der Waals surface area contributed by atoms with Gasteiger partial charge in [0.2, 0.25) is 0 Å². The van der Waals surface area contributed by atoms with Gasteiger partial charge >= 0.3 is 0 Å². The van der Waals surface area contributed by atoms with Crippen molar-refractivity contribution in [1.29, 1.82) is 0 Å². The van der Waals surface area contributed by atoms with Crippen molar-refractivity contribution in [3.63, 3.8) is 0 Å². The molecule has 0 fully saturated rings. The lowest BCUT2D eigenvalue weighted by atomic mass is 9.93. The SMILES string of the molecule is CC(C)Cc1ccccc1CC(C)C.CC[N+](C)(C)Cc1ccccc1.O. The molecule has 2 rings (SSSR count). The van der Waals surface area contributed by atoms with Crippen LogP contribution in [0.5, 0.6) is 0 Å². The predicted octanol–water partition coefficient (Wildman–Crippen LogP) is 5.54. The third-order valence-electron chi connectivity index (χ3n) is 4.68. The minimum Gasteiger partial charge on any atom is -0.412 e. The first-order valence-corrected chi connectivity index (χ1v) is 10.2. The van der Waals surface area contributed by atoms with Crippen molar-refractivity contribution >= 4 is 0 Å². The van der Waals surface area contributed by atoms with Crippen LogP contribution in [-0.4, -0.2) is 30.6 Å². The van der Waals surface area contributed by atoms with Crippen LogP contribution in [0.3, 0.4) is 0 Å². The quantitative estimate of drug-likeness (QED) is 0.571. The maximum absolute atomic E-state index is 2.28. The molecule has 152 valence electrons. The monoisotopic (exact) mass is 372 g/mol. The van der Waals surface area contributed by atoms with Crippen LogP contribution in [0.1, 0.15) is 51.3 Å². The Labute approximate surface area is 168 Å². The lowest BCUT2D eigenvalue weighted by Gasteiger charge is -2.28. The van der Waals surface area contributed by atoms with E-state index in [1.165, 1.54) is 36.1 Å². The molecule has 2 nitrogen and oxygen atoms in total. The Morgan fingerprint density at radius 2 is 1.11 bits per heavy atom. The van der Waals surface area contributed by atoms with Crippen molar-refractivity contribution in [2.75, 3.05) is 20.6 Å². The number of rotatable bonds is 7. The van der Waals surface area contributed by atoms with Crippen molar-refractivity contribution in [3.05, 3.63) is 71.3 Å². The highest BCUT2D eigenvalue weighted by atomic mass is 16.0. The zero-order chi connectivity index (χ0) is 19.6. The number of quaternary nitrogens is 1. The Bertz CT molecular complexity index is 588. The summed E-state index contributed by atoms with van der Waals surface area (Å²) in [6.07, 6.45) is 2.42. The Morgan fingerprint density at radius 3 is 1.48 bits per heavy atom. The summed E-state index contributed by atoms with van der Waals surface area (Å²) in [5.41, 5.74) is 4.50. The molecule has 0 saturated heterocycles. The van der Waals surface area contributed by atoms with Gasteiger partial charge < -0.3 is 9.96 Å². The molecule has 0 aromatic heterocycles. The smallest absolute Gasteiger partial charge is 0.104 e. The van der Waals surface area contributed by atoms with Gasteiger partial charge in [0.15, 0.2) is 0 Å². The van der Waals surface area contributed by atoms with Crippen LogP contribution < -0.4 is 0 Å². The lowest BCUT2D eigenvalue weighted by Crippen LogP contribution is -2.38. The van der Waals surface area contributed by atoms with Gasteiger partial charge in [0.05, 0.1) is 20.6 Å². The summed E-state index contributed by atoms with van der Waals surface area (Å²) in [4.78, 5) is 0. The average Bonchev–Trinajstić information content (AvgIpc) is 2.57. The summed E-state index contributed by atoms with van der Waals surface area (Å²) in [5, 5.41) is 0. The van der Waals surface area contributed by atoms with Crippen LogP contribution in [0.2, 0.25) is 0 Å². The molecule has 2 heteroatoms. The number of benzene rings is 2. The van der Waals surface area contributed by atoms with Crippen molar-refractivity contribution < 1.29 is 9.96 Å². The van der Waals surface area contributed by atoms with E-state index in [1.54, 1.807) is 0 Å². The molecule has 2 aromatic carbocycles. The van der Waals surface area contributed by atoms with E-state index in [9.17, 15) is 0 Å². The molecule has 2 N–H and O–H groups in total. The number of hydrogen-bond donors (Lipinski definition) is 0. The molecule has 0 spiro atoms. The normalized spacial score (nSPS) is 11.0. The van der Waals surface area contributed by atoms with Gasteiger partial charge in [-0.15, -0.1) is 0 Å².